The van der Waals surface area contributed by atoms with Gasteiger partial charge < -0.3 is 14.5 Å². The van der Waals surface area contributed by atoms with Gasteiger partial charge in [0.2, 0.25) is 0 Å². The predicted molar refractivity (Wildman–Crippen MR) is 115 cm³/mol. The van der Waals surface area contributed by atoms with Crippen LogP contribution in [0.25, 0.3) is 11.3 Å². The molecule has 0 bridgehead atoms. The second-order valence-corrected chi connectivity index (χ2v) is 10.7. The Hall–Kier alpha value is -2.23. The van der Waals surface area contributed by atoms with Gasteiger partial charge in [0.15, 0.2) is 15.5 Å². The van der Waals surface area contributed by atoms with E-state index in [0.717, 1.165) is 31.6 Å². The van der Waals surface area contributed by atoms with Crippen LogP contribution >= 0.6 is 0 Å². The van der Waals surface area contributed by atoms with Gasteiger partial charge in [0.05, 0.1) is 29.6 Å². The van der Waals surface area contributed by atoms with Gasteiger partial charge in [-0.15, -0.1) is 0 Å². The number of hydrogen-bond acceptors (Lipinski definition) is 6. The van der Waals surface area contributed by atoms with Gasteiger partial charge in [-0.2, -0.15) is 5.10 Å². The lowest BCUT2D eigenvalue weighted by atomic mass is 9.98. The normalized spacial score (nSPS) is 23.3. The van der Waals surface area contributed by atoms with E-state index >= 15 is 0 Å². The second kappa shape index (κ2) is 8.03. The Morgan fingerprint density at radius 1 is 1.19 bits per heavy atom. The number of ether oxygens (including phenoxy) is 1. The third-order valence-electron chi connectivity index (χ3n) is 6.52. The summed E-state index contributed by atoms with van der Waals surface area (Å²) in [5.74, 6) is 0.0309. The molecule has 8 nitrogen and oxygen atoms in total. The first-order valence-corrected chi connectivity index (χ1v) is 12.6. The second-order valence-electron chi connectivity index (χ2n) is 8.79. The number of benzene rings is 1. The molecule has 9 heteroatoms. The Balaban J connectivity index is 1.61. The van der Waals surface area contributed by atoms with Crippen LogP contribution in [0.1, 0.15) is 28.9 Å². The van der Waals surface area contributed by atoms with Crippen molar-refractivity contribution >= 4 is 15.7 Å². The number of amides is 1. The molecule has 31 heavy (non-hydrogen) atoms. The Morgan fingerprint density at radius 2 is 1.97 bits per heavy atom. The molecule has 5 rings (SSSR count). The van der Waals surface area contributed by atoms with E-state index in [2.05, 4.69) is 11.9 Å². The van der Waals surface area contributed by atoms with Crippen molar-refractivity contribution in [3.05, 3.63) is 35.5 Å². The molecule has 2 saturated heterocycles. The molecule has 1 unspecified atom stereocenters. The van der Waals surface area contributed by atoms with E-state index < -0.39 is 9.84 Å². The zero-order chi connectivity index (χ0) is 21.6. The largest absolute Gasteiger partial charge is 0.378 e. The highest BCUT2D eigenvalue weighted by molar-refractivity contribution is 7.90. The van der Waals surface area contributed by atoms with Crippen molar-refractivity contribution in [2.24, 2.45) is 5.92 Å². The molecule has 3 aliphatic heterocycles. The summed E-state index contributed by atoms with van der Waals surface area (Å²) in [6, 6.07) is 7.08. The molecule has 3 aliphatic rings. The summed E-state index contributed by atoms with van der Waals surface area (Å²) in [6.45, 7) is 4.72. The van der Waals surface area contributed by atoms with Gasteiger partial charge in [0.1, 0.15) is 0 Å². The minimum absolute atomic E-state index is 0.185. The summed E-state index contributed by atoms with van der Waals surface area (Å²) in [5, 5.41) is 4.75. The fourth-order valence-corrected chi connectivity index (χ4v) is 6.62. The predicted octanol–water partition coefficient (Wildman–Crippen LogP) is 1.65. The number of carbonyl (C=O) groups excluding carboxylic acids is 1. The highest BCUT2D eigenvalue weighted by Crippen LogP contribution is 2.40. The van der Waals surface area contributed by atoms with Crippen LogP contribution in [0.2, 0.25) is 0 Å². The first-order chi connectivity index (χ1) is 14.9. The standard InChI is InChI=1S/C22H28N4O4S/c1-24-8-4-5-16(13-24)14-26-21-17-6-2-3-7-19(17)31(28,29)15-18(21)20(23-26)22(27)25-9-11-30-12-10-25/h2-3,6-7,16H,4-5,8-15H2,1H3. The number of hydrogen-bond donors (Lipinski definition) is 0. The number of morpholine rings is 1. The van der Waals surface area contributed by atoms with E-state index in [1.54, 1.807) is 17.0 Å². The van der Waals surface area contributed by atoms with Crippen molar-refractivity contribution in [2.45, 2.75) is 30.0 Å². The van der Waals surface area contributed by atoms with Crippen LogP contribution in [-0.4, -0.2) is 80.3 Å². The molecule has 1 atom stereocenters. The first-order valence-electron chi connectivity index (χ1n) is 10.9. The van der Waals surface area contributed by atoms with Gasteiger partial charge in [0, 0.05) is 37.3 Å². The van der Waals surface area contributed by atoms with Gasteiger partial charge in [-0.3, -0.25) is 9.48 Å². The Kier molecular flexibility index (Phi) is 5.35. The lowest BCUT2D eigenvalue weighted by Gasteiger charge is -2.30. The Labute approximate surface area is 182 Å². The zero-order valence-electron chi connectivity index (χ0n) is 17.8. The maximum atomic E-state index is 13.3. The molecule has 0 radical (unpaired) electrons. The number of fused-ring (bicyclic) bond motifs is 3. The molecule has 0 saturated carbocycles. The van der Waals surface area contributed by atoms with Crippen molar-refractivity contribution in [1.29, 1.82) is 0 Å². The fraction of sp³-hybridized carbons (Fsp3) is 0.545. The number of aromatic nitrogens is 2. The summed E-state index contributed by atoms with van der Waals surface area (Å²) < 4.78 is 33.4. The molecule has 2 aromatic rings. The van der Waals surface area contributed by atoms with Crippen LogP contribution < -0.4 is 0 Å². The summed E-state index contributed by atoms with van der Waals surface area (Å²) in [7, 11) is -1.40. The summed E-state index contributed by atoms with van der Waals surface area (Å²) in [5.41, 5.74) is 2.26. The monoisotopic (exact) mass is 444 g/mol. The van der Waals surface area contributed by atoms with Crippen LogP contribution in [-0.2, 0) is 26.9 Å². The molecule has 1 aromatic heterocycles. The van der Waals surface area contributed by atoms with Crippen molar-refractivity contribution < 1.29 is 17.9 Å². The summed E-state index contributed by atoms with van der Waals surface area (Å²) in [4.78, 5) is 17.7. The summed E-state index contributed by atoms with van der Waals surface area (Å²) >= 11 is 0. The number of sulfone groups is 1. The van der Waals surface area contributed by atoms with Crippen molar-refractivity contribution in [3.63, 3.8) is 0 Å². The maximum Gasteiger partial charge on any atom is 0.274 e. The van der Waals surface area contributed by atoms with Gasteiger partial charge in [0.25, 0.3) is 5.91 Å². The number of piperidine rings is 1. The average molecular weight is 445 g/mol. The first kappa shape index (κ1) is 20.7. The smallest absolute Gasteiger partial charge is 0.274 e. The average Bonchev–Trinajstić information content (AvgIpc) is 3.11. The van der Waals surface area contributed by atoms with Crippen LogP contribution in [0.15, 0.2) is 29.2 Å². The highest BCUT2D eigenvalue weighted by Gasteiger charge is 2.37. The van der Waals surface area contributed by atoms with Crippen LogP contribution in [0.4, 0.5) is 0 Å². The van der Waals surface area contributed by atoms with Crippen LogP contribution in [0, 0.1) is 5.92 Å². The molecule has 1 aromatic carbocycles. The number of carbonyl (C=O) groups is 1. The van der Waals surface area contributed by atoms with Crippen molar-refractivity contribution in [1.82, 2.24) is 19.6 Å². The van der Waals surface area contributed by atoms with Crippen molar-refractivity contribution in [3.8, 4) is 11.3 Å². The van der Waals surface area contributed by atoms with E-state index in [0.29, 0.717) is 54.8 Å². The van der Waals surface area contributed by atoms with E-state index in [4.69, 9.17) is 9.84 Å². The lowest BCUT2D eigenvalue weighted by Crippen LogP contribution is -2.41. The quantitative estimate of drug-likeness (QED) is 0.716. The van der Waals surface area contributed by atoms with Crippen LogP contribution in [0.3, 0.4) is 0 Å². The molecular weight excluding hydrogens is 416 g/mol. The number of rotatable bonds is 3. The minimum atomic E-state index is -3.53. The SMILES string of the molecule is CN1CCCC(Cn2nc(C(=O)N3CCOCC3)c3c2-c2ccccc2S(=O)(=O)C3)C1. The third kappa shape index (κ3) is 3.79. The van der Waals surface area contributed by atoms with E-state index in [1.807, 2.05) is 16.8 Å². The van der Waals surface area contributed by atoms with E-state index in [1.165, 1.54) is 0 Å². The third-order valence-corrected chi connectivity index (χ3v) is 8.21. The zero-order valence-corrected chi connectivity index (χ0v) is 18.6. The van der Waals surface area contributed by atoms with Crippen LogP contribution in [0.5, 0.6) is 0 Å². The molecule has 0 aliphatic carbocycles. The van der Waals surface area contributed by atoms with E-state index in [-0.39, 0.29) is 17.4 Å². The molecule has 0 N–H and O–H groups in total. The van der Waals surface area contributed by atoms with Gasteiger partial charge in [-0.25, -0.2) is 8.42 Å². The van der Waals surface area contributed by atoms with Gasteiger partial charge >= 0.3 is 0 Å². The molecule has 2 fully saturated rings. The highest BCUT2D eigenvalue weighted by atomic mass is 32.2. The topological polar surface area (TPSA) is 84.7 Å². The molecular formula is C22H28N4O4S. The Bertz CT molecular complexity index is 1100. The molecule has 166 valence electrons. The Morgan fingerprint density at radius 3 is 2.74 bits per heavy atom. The number of nitrogens with zero attached hydrogens (tertiary/aromatic N) is 4. The molecule has 1 amide bonds. The lowest BCUT2D eigenvalue weighted by molar-refractivity contribution is 0.0297. The van der Waals surface area contributed by atoms with Crippen molar-refractivity contribution in [2.75, 3.05) is 46.4 Å². The maximum absolute atomic E-state index is 13.3. The van der Waals surface area contributed by atoms with E-state index in [9.17, 15) is 13.2 Å². The number of likely N-dealkylation sites (tertiary alicyclic amines) is 1. The fourth-order valence-electron chi connectivity index (χ4n) is 5.03. The molecule has 4 heterocycles. The van der Waals surface area contributed by atoms with Gasteiger partial charge in [-0.1, -0.05) is 18.2 Å². The van der Waals surface area contributed by atoms with Gasteiger partial charge in [-0.05, 0) is 38.4 Å². The summed E-state index contributed by atoms with van der Waals surface area (Å²) in [6.07, 6.45) is 2.24. The minimum Gasteiger partial charge on any atom is -0.378 e. The molecule has 0 spiro atoms.